The van der Waals surface area contributed by atoms with Crippen molar-refractivity contribution in [2.24, 2.45) is 0 Å². The van der Waals surface area contributed by atoms with E-state index in [1.165, 1.54) is 43.3 Å². The second-order valence-electron chi connectivity index (χ2n) is 6.76. The van der Waals surface area contributed by atoms with Crippen molar-refractivity contribution >= 4 is 17.8 Å². The zero-order valence-electron chi connectivity index (χ0n) is 15.3. The predicted molar refractivity (Wildman–Crippen MR) is 97.0 cm³/mol. The van der Waals surface area contributed by atoms with Crippen LogP contribution in [0.25, 0.3) is 0 Å². The Kier molecular flexibility index (Phi) is 5.13. The van der Waals surface area contributed by atoms with Crippen molar-refractivity contribution in [2.45, 2.75) is 25.4 Å². The second kappa shape index (κ2) is 7.38. The maximum Gasteiger partial charge on any atom is 0.325 e. The summed E-state index contributed by atoms with van der Waals surface area (Å²) in [4.78, 5) is 38.1. The molecule has 3 rings (SSSR count). The number of nitrogens with one attached hydrogen (secondary N) is 2. The first kappa shape index (κ1) is 19.5. The third-order valence-electron chi connectivity index (χ3n) is 4.75. The van der Waals surface area contributed by atoms with Gasteiger partial charge in [0.05, 0.1) is 6.04 Å². The average molecular weight is 387 g/mol. The summed E-state index contributed by atoms with van der Waals surface area (Å²) < 4.78 is 27.0. The normalized spacial score (nSPS) is 20.1. The van der Waals surface area contributed by atoms with Gasteiger partial charge in [-0.05, 0) is 37.6 Å². The van der Waals surface area contributed by atoms with Gasteiger partial charge in [0, 0.05) is 5.56 Å². The summed E-state index contributed by atoms with van der Waals surface area (Å²) in [5.41, 5.74) is -0.707. The molecule has 2 atom stereocenters. The Labute approximate surface area is 160 Å². The molecule has 0 bridgehead atoms. The van der Waals surface area contributed by atoms with E-state index in [-0.39, 0.29) is 0 Å². The fraction of sp³-hybridized carbons (Fsp3) is 0.250. The molecule has 0 aromatic heterocycles. The number of halogens is 2. The van der Waals surface area contributed by atoms with E-state index in [1.54, 1.807) is 19.1 Å². The van der Waals surface area contributed by atoms with Crippen molar-refractivity contribution in [3.8, 4) is 0 Å². The summed E-state index contributed by atoms with van der Waals surface area (Å²) in [6.07, 6.45) is 0. The molecule has 4 amide bonds. The van der Waals surface area contributed by atoms with E-state index >= 15 is 0 Å². The van der Waals surface area contributed by atoms with Crippen molar-refractivity contribution in [1.29, 1.82) is 0 Å². The summed E-state index contributed by atoms with van der Waals surface area (Å²) in [6.45, 7) is 2.57. The molecular weight excluding hydrogens is 368 g/mol. The summed E-state index contributed by atoms with van der Waals surface area (Å²) in [6, 6.07) is 9.81. The van der Waals surface area contributed by atoms with Crippen LogP contribution < -0.4 is 10.6 Å². The maximum atomic E-state index is 13.8. The monoisotopic (exact) mass is 387 g/mol. The van der Waals surface area contributed by atoms with Crippen LogP contribution in [0.15, 0.2) is 48.5 Å². The lowest BCUT2D eigenvalue weighted by Gasteiger charge is -2.22. The highest BCUT2D eigenvalue weighted by Crippen LogP contribution is 2.28. The smallest absolute Gasteiger partial charge is 0.325 e. The minimum atomic E-state index is -1.40. The Morgan fingerprint density at radius 1 is 1.14 bits per heavy atom. The van der Waals surface area contributed by atoms with Gasteiger partial charge in [0.1, 0.15) is 23.7 Å². The van der Waals surface area contributed by atoms with Crippen molar-refractivity contribution in [2.75, 3.05) is 6.54 Å². The molecule has 8 heteroatoms. The van der Waals surface area contributed by atoms with Crippen molar-refractivity contribution in [3.05, 3.63) is 71.3 Å². The number of imide groups is 1. The number of carbonyl (C=O) groups is 3. The summed E-state index contributed by atoms with van der Waals surface area (Å²) in [5, 5.41) is 5.12. The Morgan fingerprint density at radius 2 is 1.79 bits per heavy atom. The molecule has 0 unspecified atom stereocenters. The van der Waals surface area contributed by atoms with E-state index in [1.807, 2.05) is 0 Å². The maximum absolute atomic E-state index is 13.8. The van der Waals surface area contributed by atoms with E-state index in [0.29, 0.717) is 11.1 Å². The summed E-state index contributed by atoms with van der Waals surface area (Å²) in [7, 11) is 0. The molecule has 1 fully saturated rings. The van der Waals surface area contributed by atoms with Gasteiger partial charge in [-0.3, -0.25) is 14.5 Å². The number of urea groups is 1. The number of hydrogen-bond donors (Lipinski definition) is 2. The lowest BCUT2D eigenvalue weighted by Crippen LogP contribution is -2.43. The Balaban J connectivity index is 1.71. The Hall–Kier alpha value is -3.29. The zero-order valence-corrected chi connectivity index (χ0v) is 15.3. The first-order valence-electron chi connectivity index (χ1n) is 8.66. The number of benzene rings is 2. The van der Waals surface area contributed by atoms with Gasteiger partial charge in [0.2, 0.25) is 5.91 Å². The number of carbonyl (C=O) groups excluding carboxylic acids is 3. The lowest BCUT2D eigenvalue weighted by atomic mass is 9.92. The standard InChI is InChI=1S/C20H19F2N3O3/c1-12(15-5-3-4-6-16(15)22)23-17(26)11-25-18(27)20(2,24-19(25)28)13-7-9-14(21)10-8-13/h3-10,12H,11H2,1-2H3,(H,23,26)(H,24,28)/t12-,20+/m1/s1. The van der Waals surface area contributed by atoms with Gasteiger partial charge in [0.25, 0.3) is 5.91 Å². The average Bonchev–Trinajstić information content (AvgIpc) is 2.86. The van der Waals surface area contributed by atoms with Crippen molar-refractivity contribution < 1.29 is 23.2 Å². The molecule has 0 saturated carbocycles. The zero-order chi connectivity index (χ0) is 20.5. The van der Waals surface area contributed by atoms with Crippen LogP contribution in [0, 0.1) is 11.6 Å². The molecule has 1 saturated heterocycles. The van der Waals surface area contributed by atoms with Gasteiger partial charge in [-0.25, -0.2) is 13.6 Å². The molecule has 2 aromatic rings. The van der Waals surface area contributed by atoms with Crippen LogP contribution in [0.2, 0.25) is 0 Å². The van der Waals surface area contributed by atoms with Gasteiger partial charge in [-0.1, -0.05) is 30.3 Å². The SMILES string of the molecule is C[C@@H](NC(=O)CN1C(=O)N[C@@](C)(c2ccc(F)cc2)C1=O)c1ccccc1F. The molecule has 146 valence electrons. The molecule has 28 heavy (non-hydrogen) atoms. The third-order valence-corrected chi connectivity index (χ3v) is 4.75. The number of nitrogens with zero attached hydrogens (tertiary/aromatic N) is 1. The van der Waals surface area contributed by atoms with Crippen LogP contribution in [0.5, 0.6) is 0 Å². The minimum Gasteiger partial charge on any atom is -0.348 e. The molecule has 6 nitrogen and oxygen atoms in total. The van der Waals surface area contributed by atoms with Gasteiger partial charge < -0.3 is 10.6 Å². The van der Waals surface area contributed by atoms with Gasteiger partial charge in [-0.2, -0.15) is 0 Å². The van der Waals surface area contributed by atoms with Crippen LogP contribution in [-0.4, -0.2) is 29.3 Å². The summed E-state index contributed by atoms with van der Waals surface area (Å²) in [5.74, 6) is -2.17. The first-order valence-corrected chi connectivity index (χ1v) is 8.66. The molecule has 1 aliphatic heterocycles. The molecule has 1 heterocycles. The molecule has 0 spiro atoms. The van der Waals surface area contributed by atoms with Gasteiger partial charge in [-0.15, -0.1) is 0 Å². The van der Waals surface area contributed by atoms with Crippen LogP contribution in [-0.2, 0) is 15.1 Å². The first-order chi connectivity index (χ1) is 13.2. The largest absolute Gasteiger partial charge is 0.348 e. The fourth-order valence-electron chi connectivity index (χ4n) is 3.15. The number of amides is 4. The summed E-state index contributed by atoms with van der Waals surface area (Å²) >= 11 is 0. The quantitative estimate of drug-likeness (QED) is 0.774. The Bertz CT molecular complexity index is 933. The Morgan fingerprint density at radius 3 is 2.43 bits per heavy atom. The topological polar surface area (TPSA) is 78.5 Å². The van der Waals surface area contributed by atoms with Crippen LogP contribution >= 0.6 is 0 Å². The lowest BCUT2D eigenvalue weighted by molar-refractivity contribution is -0.135. The molecule has 0 aliphatic carbocycles. The van der Waals surface area contributed by atoms with Crippen molar-refractivity contribution in [1.82, 2.24) is 15.5 Å². The molecule has 2 N–H and O–H groups in total. The molecular formula is C20H19F2N3O3. The van der Waals surface area contributed by atoms with Crippen LogP contribution in [0.4, 0.5) is 13.6 Å². The van der Waals surface area contributed by atoms with Crippen molar-refractivity contribution in [3.63, 3.8) is 0 Å². The second-order valence-corrected chi connectivity index (χ2v) is 6.76. The highest BCUT2D eigenvalue weighted by atomic mass is 19.1. The third kappa shape index (κ3) is 3.58. The highest BCUT2D eigenvalue weighted by Gasteiger charge is 2.49. The fourth-order valence-corrected chi connectivity index (χ4v) is 3.15. The number of rotatable bonds is 5. The minimum absolute atomic E-state index is 0.296. The predicted octanol–water partition coefficient (Wildman–Crippen LogP) is 2.61. The number of hydrogen-bond acceptors (Lipinski definition) is 3. The molecule has 1 aliphatic rings. The van der Waals surface area contributed by atoms with Gasteiger partial charge >= 0.3 is 6.03 Å². The van der Waals surface area contributed by atoms with Crippen LogP contribution in [0.1, 0.15) is 31.0 Å². The van der Waals surface area contributed by atoms with E-state index < -0.39 is 47.6 Å². The van der Waals surface area contributed by atoms with E-state index in [2.05, 4.69) is 10.6 Å². The molecule has 0 radical (unpaired) electrons. The molecule has 2 aromatic carbocycles. The van der Waals surface area contributed by atoms with E-state index in [4.69, 9.17) is 0 Å². The van der Waals surface area contributed by atoms with E-state index in [9.17, 15) is 23.2 Å². The van der Waals surface area contributed by atoms with Crippen LogP contribution in [0.3, 0.4) is 0 Å². The highest BCUT2D eigenvalue weighted by molar-refractivity contribution is 6.09. The van der Waals surface area contributed by atoms with E-state index in [0.717, 1.165) is 4.90 Å². The van der Waals surface area contributed by atoms with Gasteiger partial charge in [0.15, 0.2) is 0 Å².